The number of carbonyl (C=O) groups is 1. The maximum atomic E-state index is 13.8. The van der Waals surface area contributed by atoms with Crippen molar-refractivity contribution in [3.05, 3.63) is 71.7 Å². The first-order valence-electron chi connectivity index (χ1n) is 8.97. The largest absolute Gasteiger partial charge is 0.489 e. The van der Waals surface area contributed by atoms with E-state index in [1.165, 1.54) is 12.1 Å². The van der Waals surface area contributed by atoms with E-state index in [-0.39, 0.29) is 11.8 Å². The number of hydrogen-bond acceptors (Lipinski definition) is 5. The van der Waals surface area contributed by atoms with Crippen molar-refractivity contribution in [2.75, 3.05) is 10.6 Å². The van der Waals surface area contributed by atoms with Gasteiger partial charge < -0.3 is 15.4 Å². The van der Waals surface area contributed by atoms with Gasteiger partial charge >= 0.3 is 0 Å². The number of carbonyl (C=O) groups excluding carboxylic acids is 1. The number of anilines is 3. The highest BCUT2D eigenvalue weighted by molar-refractivity contribution is 6.03. The van der Waals surface area contributed by atoms with Crippen LogP contribution in [0.4, 0.5) is 26.0 Å². The van der Waals surface area contributed by atoms with Gasteiger partial charge in [0.25, 0.3) is 5.91 Å². The average Bonchev–Trinajstić information content (AvgIpc) is 2.65. The van der Waals surface area contributed by atoms with Gasteiger partial charge in [-0.3, -0.25) is 4.79 Å². The van der Waals surface area contributed by atoms with E-state index in [0.29, 0.717) is 23.1 Å². The lowest BCUT2D eigenvalue weighted by molar-refractivity contribution is 0.102. The summed E-state index contributed by atoms with van der Waals surface area (Å²) in [6.07, 6.45) is -0.0258. The minimum absolute atomic E-state index is 0.0258. The number of hydrogen-bond donors (Lipinski definition) is 2. The quantitative estimate of drug-likeness (QED) is 0.621. The van der Waals surface area contributed by atoms with E-state index in [9.17, 15) is 13.6 Å². The van der Waals surface area contributed by atoms with E-state index in [4.69, 9.17) is 4.74 Å². The van der Waals surface area contributed by atoms with Crippen LogP contribution in [0.5, 0.6) is 5.75 Å². The van der Waals surface area contributed by atoms with Crippen LogP contribution in [0.15, 0.2) is 48.5 Å². The summed E-state index contributed by atoms with van der Waals surface area (Å²) >= 11 is 0. The average molecular weight is 398 g/mol. The number of nitrogens with one attached hydrogen (secondary N) is 2. The molecule has 0 atom stereocenters. The second-order valence-electron chi connectivity index (χ2n) is 6.52. The maximum absolute atomic E-state index is 13.8. The lowest BCUT2D eigenvalue weighted by Gasteiger charge is -2.15. The molecule has 2 aromatic carbocycles. The molecule has 3 aromatic rings. The Morgan fingerprint density at radius 2 is 1.72 bits per heavy atom. The number of amides is 1. The van der Waals surface area contributed by atoms with Crippen LogP contribution >= 0.6 is 0 Å². The third kappa shape index (κ3) is 5.04. The molecule has 0 fully saturated rings. The topological polar surface area (TPSA) is 76.1 Å². The number of nitrogens with zero attached hydrogens (tertiary/aromatic N) is 2. The molecule has 1 amide bonds. The molecule has 0 spiro atoms. The van der Waals surface area contributed by atoms with Crippen LogP contribution in [-0.4, -0.2) is 22.0 Å². The van der Waals surface area contributed by atoms with E-state index in [1.54, 1.807) is 6.92 Å². The van der Waals surface area contributed by atoms with Crippen molar-refractivity contribution in [2.24, 2.45) is 0 Å². The molecule has 0 bridgehead atoms. The molecule has 0 radical (unpaired) electrons. The van der Waals surface area contributed by atoms with Crippen molar-refractivity contribution < 1.29 is 18.3 Å². The molecule has 0 aliphatic heterocycles. The normalized spacial score (nSPS) is 10.7. The number of para-hydroxylation sites is 3. The SMILES string of the molecule is Cc1nc(Nc2ccccc2OC(C)C)cc(C(=O)Nc2c(F)cccc2F)n1. The Morgan fingerprint density at radius 3 is 2.41 bits per heavy atom. The predicted molar refractivity (Wildman–Crippen MR) is 107 cm³/mol. The Balaban J connectivity index is 1.86. The monoisotopic (exact) mass is 398 g/mol. The second-order valence-corrected chi connectivity index (χ2v) is 6.52. The summed E-state index contributed by atoms with van der Waals surface area (Å²) in [6.45, 7) is 5.44. The number of halogens is 2. The molecule has 3 rings (SSSR count). The first-order chi connectivity index (χ1) is 13.8. The molecule has 150 valence electrons. The molecule has 1 heterocycles. The zero-order valence-corrected chi connectivity index (χ0v) is 16.2. The van der Waals surface area contributed by atoms with Gasteiger partial charge in [-0.2, -0.15) is 0 Å². The van der Waals surface area contributed by atoms with Crippen LogP contribution in [0.25, 0.3) is 0 Å². The Bertz CT molecular complexity index is 1020. The van der Waals surface area contributed by atoms with Crippen LogP contribution in [0, 0.1) is 18.6 Å². The molecule has 8 heteroatoms. The summed E-state index contributed by atoms with van der Waals surface area (Å²) in [5.41, 5.74) is 0.0923. The van der Waals surface area contributed by atoms with E-state index >= 15 is 0 Å². The van der Waals surface area contributed by atoms with Gasteiger partial charge in [0.05, 0.1) is 11.8 Å². The Labute approximate surface area is 167 Å². The van der Waals surface area contributed by atoms with E-state index in [0.717, 1.165) is 12.1 Å². The summed E-state index contributed by atoms with van der Waals surface area (Å²) in [6, 6.07) is 12.0. The highest BCUT2D eigenvalue weighted by Gasteiger charge is 2.16. The Kier molecular flexibility index (Phi) is 6.01. The Hall–Kier alpha value is -3.55. The fourth-order valence-corrected chi connectivity index (χ4v) is 2.61. The minimum atomic E-state index is -0.873. The van der Waals surface area contributed by atoms with E-state index in [1.807, 2.05) is 38.1 Å². The number of rotatable bonds is 6. The molecule has 2 N–H and O–H groups in total. The lowest BCUT2D eigenvalue weighted by atomic mass is 10.2. The molecule has 0 saturated carbocycles. The Morgan fingerprint density at radius 1 is 1.03 bits per heavy atom. The molecular weight excluding hydrogens is 378 g/mol. The molecule has 0 unspecified atom stereocenters. The summed E-state index contributed by atoms with van der Waals surface area (Å²) in [5, 5.41) is 5.32. The van der Waals surface area contributed by atoms with Gasteiger partial charge in [0, 0.05) is 6.07 Å². The standard InChI is InChI=1S/C21H20F2N4O2/c1-12(2)29-18-10-5-4-9-16(18)26-19-11-17(24-13(3)25-19)21(28)27-20-14(22)7-6-8-15(20)23/h4-12H,1-3H3,(H,27,28)(H,24,25,26). The first kappa shape index (κ1) is 20.2. The molecule has 0 aliphatic carbocycles. The smallest absolute Gasteiger partial charge is 0.274 e. The molecule has 1 aromatic heterocycles. The molecule has 0 saturated heterocycles. The van der Waals surface area contributed by atoms with Crippen LogP contribution in [-0.2, 0) is 0 Å². The van der Waals surface area contributed by atoms with E-state index < -0.39 is 23.2 Å². The molecule has 6 nitrogen and oxygen atoms in total. The van der Waals surface area contributed by atoms with Crippen LogP contribution in [0.2, 0.25) is 0 Å². The number of aryl methyl sites for hydroxylation is 1. The predicted octanol–water partition coefficient (Wildman–Crippen LogP) is 4.85. The van der Waals surface area contributed by atoms with Crippen molar-refractivity contribution >= 4 is 23.1 Å². The van der Waals surface area contributed by atoms with Gasteiger partial charge in [0.15, 0.2) is 0 Å². The van der Waals surface area contributed by atoms with Crippen molar-refractivity contribution in [1.82, 2.24) is 9.97 Å². The van der Waals surface area contributed by atoms with Crippen molar-refractivity contribution in [2.45, 2.75) is 26.9 Å². The van der Waals surface area contributed by atoms with Crippen LogP contribution in [0.3, 0.4) is 0 Å². The van der Waals surface area contributed by atoms with Gasteiger partial charge in [-0.05, 0) is 45.0 Å². The van der Waals surface area contributed by atoms with Crippen LogP contribution < -0.4 is 15.4 Å². The van der Waals surface area contributed by atoms with Crippen molar-refractivity contribution in [3.63, 3.8) is 0 Å². The zero-order chi connectivity index (χ0) is 21.0. The zero-order valence-electron chi connectivity index (χ0n) is 16.2. The van der Waals surface area contributed by atoms with Gasteiger partial charge in [0.2, 0.25) is 0 Å². The fraction of sp³-hybridized carbons (Fsp3) is 0.190. The molecular formula is C21H20F2N4O2. The van der Waals surface area contributed by atoms with Gasteiger partial charge in [-0.15, -0.1) is 0 Å². The summed E-state index contributed by atoms with van der Waals surface area (Å²) in [4.78, 5) is 20.8. The number of ether oxygens (including phenoxy) is 1. The molecule has 29 heavy (non-hydrogen) atoms. The highest BCUT2D eigenvalue weighted by atomic mass is 19.1. The van der Waals surface area contributed by atoms with E-state index in [2.05, 4.69) is 20.6 Å². The third-order valence-electron chi connectivity index (χ3n) is 3.78. The second kappa shape index (κ2) is 8.64. The number of aromatic nitrogens is 2. The first-order valence-corrected chi connectivity index (χ1v) is 8.97. The van der Waals surface area contributed by atoms with Crippen molar-refractivity contribution in [1.29, 1.82) is 0 Å². The summed E-state index contributed by atoms with van der Waals surface area (Å²) in [5.74, 6) is -1.22. The van der Waals surface area contributed by atoms with Gasteiger partial charge in [0.1, 0.15) is 40.4 Å². The van der Waals surface area contributed by atoms with Gasteiger partial charge in [-0.25, -0.2) is 18.7 Å². The fourth-order valence-electron chi connectivity index (χ4n) is 2.61. The lowest BCUT2D eigenvalue weighted by Crippen LogP contribution is -2.17. The maximum Gasteiger partial charge on any atom is 0.274 e. The third-order valence-corrected chi connectivity index (χ3v) is 3.78. The van der Waals surface area contributed by atoms with Crippen LogP contribution in [0.1, 0.15) is 30.2 Å². The van der Waals surface area contributed by atoms with Crippen molar-refractivity contribution in [3.8, 4) is 5.75 Å². The summed E-state index contributed by atoms with van der Waals surface area (Å²) in [7, 11) is 0. The number of benzene rings is 2. The molecule has 0 aliphatic rings. The highest BCUT2D eigenvalue weighted by Crippen LogP contribution is 2.28. The summed E-state index contributed by atoms with van der Waals surface area (Å²) < 4.78 is 33.4. The minimum Gasteiger partial charge on any atom is -0.489 e. The van der Waals surface area contributed by atoms with Gasteiger partial charge in [-0.1, -0.05) is 18.2 Å².